The molecule has 0 amide bonds. The molecule has 0 nitrogen and oxygen atoms in total. The largest absolute Gasteiger partial charge is 0.0984 e. The molecule has 2 aromatic carbocycles. The number of aryl methyl sites for hydroxylation is 3. The van der Waals surface area contributed by atoms with E-state index in [1.54, 1.807) is 0 Å². The van der Waals surface area contributed by atoms with Gasteiger partial charge in [-0.1, -0.05) is 55.8 Å². The molecular formula is C17H20. The molecule has 0 unspecified atom stereocenters. The third-order valence-corrected chi connectivity index (χ3v) is 3.31. The minimum absolute atomic E-state index is 1.13. The van der Waals surface area contributed by atoms with E-state index in [1.165, 1.54) is 39.4 Å². The van der Waals surface area contributed by atoms with Crippen molar-refractivity contribution in [2.45, 2.75) is 33.6 Å². The molecular weight excluding hydrogens is 204 g/mol. The summed E-state index contributed by atoms with van der Waals surface area (Å²) in [6.07, 6.45) is 4.32. The van der Waals surface area contributed by atoms with E-state index in [-0.39, 0.29) is 0 Å². The van der Waals surface area contributed by atoms with E-state index in [0.717, 1.165) is 6.42 Å². The molecule has 0 aromatic heterocycles. The highest BCUT2D eigenvalue weighted by atomic mass is 14.1. The van der Waals surface area contributed by atoms with Crippen LogP contribution >= 0.6 is 0 Å². The minimum Gasteiger partial charge on any atom is -0.0984 e. The number of fused-ring (bicyclic) bond motifs is 1. The number of rotatable bonds is 3. The lowest BCUT2D eigenvalue weighted by molar-refractivity contribution is 0.921. The third kappa shape index (κ3) is 2.12. The van der Waals surface area contributed by atoms with Crippen molar-refractivity contribution in [3.63, 3.8) is 0 Å². The molecule has 0 spiro atoms. The summed E-state index contributed by atoms with van der Waals surface area (Å²) in [5.41, 5.74) is 5.42. The van der Waals surface area contributed by atoms with Crippen LogP contribution in [0.2, 0.25) is 0 Å². The Morgan fingerprint density at radius 1 is 1.18 bits per heavy atom. The average molecular weight is 224 g/mol. The molecule has 0 aliphatic carbocycles. The fourth-order valence-corrected chi connectivity index (χ4v) is 2.66. The van der Waals surface area contributed by atoms with Crippen molar-refractivity contribution in [1.82, 2.24) is 0 Å². The molecule has 0 N–H and O–H groups in total. The lowest BCUT2D eigenvalue weighted by Crippen LogP contribution is -1.93. The van der Waals surface area contributed by atoms with E-state index in [1.807, 2.05) is 6.08 Å². The Bertz CT molecular complexity index is 562. The molecule has 0 aliphatic heterocycles. The molecule has 0 fully saturated rings. The second kappa shape index (κ2) is 4.75. The van der Waals surface area contributed by atoms with E-state index in [2.05, 4.69) is 51.6 Å². The summed E-state index contributed by atoms with van der Waals surface area (Å²) in [5.74, 6) is 0. The minimum atomic E-state index is 1.13. The fourth-order valence-electron chi connectivity index (χ4n) is 2.66. The van der Waals surface area contributed by atoms with Crippen LogP contribution in [0.5, 0.6) is 0 Å². The molecule has 0 bridgehead atoms. The normalized spacial score (nSPS) is 10.8. The Labute approximate surface area is 104 Å². The first-order valence-electron chi connectivity index (χ1n) is 6.32. The van der Waals surface area contributed by atoms with Crippen LogP contribution in [0.25, 0.3) is 16.8 Å². The summed E-state index contributed by atoms with van der Waals surface area (Å²) in [5, 5.41) is 2.70. The molecule has 0 saturated carbocycles. The second-order valence-corrected chi connectivity index (χ2v) is 4.77. The Hall–Kier alpha value is -1.56. The van der Waals surface area contributed by atoms with Crippen LogP contribution in [0, 0.1) is 13.8 Å². The summed E-state index contributed by atoms with van der Waals surface area (Å²) in [6.45, 7) is 10.6. The van der Waals surface area contributed by atoms with E-state index in [0.29, 0.717) is 0 Å². The van der Waals surface area contributed by atoms with Crippen molar-refractivity contribution in [2.24, 2.45) is 0 Å². The Morgan fingerprint density at radius 3 is 2.59 bits per heavy atom. The lowest BCUT2D eigenvalue weighted by Gasteiger charge is -2.12. The van der Waals surface area contributed by atoms with Crippen LogP contribution in [-0.2, 0) is 6.42 Å². The molecule has 0 radical (unpaired) electrons. The highest BCUT2D eigenvalue weighted by Gasteiger charge is 2.07. The molecule has 0 heterocycles. The first kappa shape index (κ1) is 11.9. The number of hydrogen-bond donors (Lipinski definition) is 0. The van der Waals surface area contributed by atoms with Crippen molar-refractivity contribution in [3.05, 3.63) is 53.1 Å². The van der Waals surface area contributed by atoms with E-state index < -0.39 is 0 Å². The van der Waals surface area contributed by atoms with Crippen molar-refractivity contribution in [3.8, 4) is 0 Å². The second-order valence-electron chi connectivity index (χ2n) is 4.77. The topological polar surface area (TPSA) is 0 Å². The first-order chi connectivity index (χ1) is 8.17. The van der Waals surface area contributed by atoms with Gasteiger partial charge in [0.05, 0.1) is 0 Å². The highest BCUT2D eigenvalue weighted by Crippen LogP contribution is 2.28. The SMILES string of the molecule is C=Cc1c(CCC)ccc2cc(C)cc(C)c12. The van der Waals surface area contributed by atoms with Gasteiger partial charge in [-0.2, -0.15) is 0 Å². The molecule has 0 atom stereocenters. The maximum absolute atomic E-state index is 3.99. The summed E-state index contributed by atoms with van der Waals surface area (Å²) in [4.78, 5) is 0. The lowest BCUT2D eigenvalue weighted by atomic mass is 9.92. The van der Waals surface area contributed by atoms with Gasteiger partial charge in [0.1, 0.15) is 0 Å². The van der Waals surface area contributed by atoms with E-state index in [9.17, 15) is 0 Å². The Balaban J connectivity index is 2.80. The van der Waals surface area contributed by atoms with Gasteiger partial charge in [0, 0.05) is 0 Å². The maximum atomic E-state index is 3.99. The molecule has 0 heteroatoms. The zero-order valence-electron chi connectivity index (χ0n) is 11.0. The molecule has 17 heavy (non-hydrogen) atoms. The molecule has 2 rings (SSSR count). The van der Waals surface area contributed by atoms with Gasteiger partial charge in [0.25, 0.3) is 0 Å². The van der Waals surface area contributed by atoms with Gasteiger partial charge in [-0.3, -0.25) is 0 Å². The Kier molecular flexibility index (Phi) is 3.33. The van der Waals surface area contributed by atoms with Crippen LogP contribution in [0.15, 0.2) is 30.8 Å². The summed E-state index contributed by atoms with van der Waals surface area (Å²) < 4.78 is 0. The van der Waals surface area contributed by atoms with E-state index in [4.69, 9.17) is 0 Å². The van der Waals surface area contributed by atoms with Crippen LogP contribution < -0.4 is 0 Å². The van der Waals surface area contributed by atoms with Gasteiger partial charge in [-0.15, -0.1) is 0 Å². The first-order valence-corrected chi connectivity index (χ1v) is 6.32. The molecule has 0 aliphatic rings. The third-order valence-electron chi connectivity index (χ3n) is 3.31. The molecule has 88 valence electrons. The van der Waals surface area contributed by atoms with Gasteiger partial charge in [0.2, 0.25) is 0 Å². The van der Waals surface area contributed by atoms with Crippen LogP contribution in [0.4, 0.5) is 0 Å². The van der Waals surface area contributed by atoms with Gasteiger partial charge < -0.3 is 0 Å². The Morgan fingerprint density at radius 2 is 1.94 bits per heavy atom. The summed E-state index contributed by atoms with van der Waals surface area (Å²) >= 11 is 0. The van der Waals surface area contributed by atoms with E-state index >= 15 is 0 Å². The highest BCUT2D eigenvalue weighted by molar-refractivity contribution is 5.94. The fraction of sp³-hybridized carbons (Fsp3) is 0.294. The van der Waals surface area contributed by atoms with Crippen molar-refractivity contribution < 1.29 is 0 Å². The molecule has 2 aromatic rings. The average Bonchev–Trinajstić information content (AvgIpc) is 2.29. The van der Waals surface area contributed by atoms with Crippen LogP contribution in [0.3, 0.4) is 0 Å². The monoisotopic (exact) mass is 224 g/mol. The maximum Gasteiger partial charge on any atom is -0.00794 e. The van der Waals surface area contributed by atoms with Crippen molar-refractivity contribution in [2.75, 3.05) is 0 Å². The molecule has 0 saturated heterocycles. The predicted octanol–water partition coefficient (Wildman–Crippen LogP) is 5.05. The van der Waals surface area contributed by atoms with Gasteiger partial charge in [-0.25, -0.2) is 0 Å². The smallest absolute Gasteiger partial charge is 0.00794 e. The van der Waals surface area contributed by atoms with Gasteiger partial charge >= 0.3 is 0 Å². The predicted molar refractivity (Wildman–Crippen MR) is 77.5 cm³/mol. The van der Waals surface area contributed by atoms with Crippen molar-refractivity contribution in [1.29, 1.82) is 0 Å². The zero-order chi connectivity index (χ0) is 12.4. The quantitative estimate of drug-likeness (QED) is 0.684. The summed E-state index contributed by atoms with van der Waals surface area (Å²) in [7, 11) is 0. The number of hydrogen-bond acceptors (Lipinski definition) is 0. The van der Waals surface area contributed by atoms with Gasteiger partial charge in [0.15, 0.2) is 0 Å². The van der Waals surface area contributed by atoms with Crippen molar-refractivity contribution >= 4 is 16.8 Å². The number of benzene rings is 2. The standard InChI is InChI=1S/C17H20/c1-5-7-14-8-9-15-11-12(3)10-13(4)17(15)16(14)6-2/h6,8-11H,2,5,7H2,1,3-4H3. The van der Waals surface area contributed by atoms with Gasteiger partial charge in [-0.05, 0) is 47.7 Å². The zero-order valence-corrected chi connectivity index (χ0v) is 11.0. The summed E-state index contributed by atoms with van der Waals surface area (Å²) in [6, 6.07) is 9.01. The van der Waals surface area contributed by atoms with Crippen LogP contribution in [-0.4, -0.2) is 0 Å². The van der Waals surface area contributed by atoms with Crippen LogP contribution in [0.1, 0.15) is 35.6 Å².